The number of nitrogens with one attached hydrogen (secondary N) is 1. The maximum absolute atomic E-state index is 5.53. The predicted octanol–water partition coefficient (Wildman–Crippen LogP) is 3.78. The first kappa shape index (κ1) is 13.0. The molecular formula is C17H25NO. The maximum Gasteiger partial charge on any atom is 0.119 e. The Morgan fingerprint density at radius 1 is 1.16 bits per heavy atom. The standard InChI is InChI=1S/C17H25NO/c1-3-18-17(16-14-6-5-7-15(14)16)12-8-10-13(11-9-12)19-4-2/h8-11,14-18H,3-7H2,1-2H3. The van der Waals surface area contributed by atoms with E-state index in [9.17, 15) is 0 Å². The second-order valence-corrected chi connectivity index (χ2v) is 5.87. The molecule has 0 radical (unpaired) electrons. The van der Waals surface area contributed by atoms with Crippen LogP contribution in [-0.2, 0) is 0 Å². The number of benzene rings is 1. The van der Waals surface area contributed by atoms with Crippen LogP contribution < -0.4 is 10.1 Å². The van der Waals surface area contributed by atoms with E-state index in [4.69, 9.17) is 4.74 Å². The monoisotopic (exact) mass is 259 g/mol. The van der Waals surface area contributed by atoms with Gasteiger partial charge in [0.05, 0.1) is 6.61 Å². The highest BCUT2D eigenvalue weighted by Gasteiger charge is 2.55. The molecule has 3 rings (SSSR count). The van der Waals surface area contributed by atoms with Gasteiger partial charge in [-0.25, -0.2) is 0 Å². The maximum atomic E-state index is 5.53. The minimum Gasteiger partial charge on any atom is -0.494 e. The van der Waals surface area contributed by atoms with E-state index in [2.05, 4.69) is 36.5 Å². The number of fused-ring (bicyclic) bond motifs is 1. The van der Waals surface area contributed by atoms with E-state index in [1.807, 2.05) is 6.92 Å². The molecule has 0 saturated heterocycles. The number of ether oxygens (including phenoxy) is 1. The van der Waals surface area contributed by atoms with Crippen molar-refractivity contribution in [3.63, 3.8) is 0 Å². The van der Waals surface area contributed by atoms with Gasteiger partial charge in [-0.15, -0.1) is 0 Å². The molecule has 2 heteroatoms. The zero-order valence-electron chi connectivity index (χ0n) is 12.1. The molecule has 2 aliphatic rings. The number of hydrogen-bond acceptors (Lipinski definition) is 2. The van der Waals surface area contributed by atoms with Crippen LogP contribution in [0.3, 0.4) is 0 Å². The Kier molecular flexibility index (Phi) is 3.79. The highest BCUT2D eigenvalue weighted by Crippen LogP contribution is 2.62. The summed E-state index contributed by atoms with van der Waals surface area (Å²) < 4.78 is 5.53. The Morgan fingerprint density at radius 2 is 1.84 bits per heavy atom. The van der Waals surface area contributed by atoms with Crippen LogP contribution in [0.2, 0.25) is 0 Å². The fourth-order valence-corrected chi connectivity index (χ4v) is 4.01. The lowest BCUT2D eigenvalue weighted by molar-refractivity contribution is 0.339. The molecule has 3 unspecified atom stereocenters. The lowest BCUT2D eigenvalue weighted by Gasteiger charge is -2.20. The Labute approximate surface area is 116 Å². The van der Waals surface area contributed by atoms with E-state index in [0.717, 1.165) is 36.7 Å². The van der Waals surface area contributed by atoms with Crippen molar-refractivity contribution in [1.82, 2.24) is 5.32 Å². The zero-order valence-corrected chi connectivity index (χ0v) is 12.1. The van der Waals surface area contributed by atoms with Crippen LogP contribution in [0.5, 0.6) is 5.75 Å². The van der Waals surface area contributed by atoms with Crippen molar-refractivity contribution in [3.05, 3.63) is 29.8 Å². The molecule has 1 aromatic rings. The van der Waals surface area contributed by atoms with E-state index in [1.54, 1.807) is 0 Å². The fourth-order valence-electron chi connectivity index (χ4n) is 4.01. The number of rotatable bonds is 6. The molecular weight excluding hydrogens is 234 g/mol. The molecule has 0 heterocycles. The first-order chi connectivity index (χ1) is 9.35. The quantitative estimate of drug-likeness (QED) is 0.839. The van der Waals surface area contributed by atoms with Crippen LogP contribution in [0.15, 0.2) is 24.3 Å². The van der Waals surface area contributed by atoms with E-state index < -0.39 is 0 Å². The summed E-state index contributed by atoms with van der Waals surface area (Å²) in [5.74, 6) is 3.86. The van der Waals surface area contributed by atoms with Gasteiger partial charge >= 0.3 is 0 Å². The summed E-state index contributed by atoms with van der Waals surface area (Å²) in [6, 6.07) is 9.26. The molecule has 2 aliphatic carbocycles. The van der Waals surface area contributed by atoms with Crippen molar-refractivity contribution in [2.75, 3.05) is 13.2 Å². The van der Waals surface area contributed by atoms with E-state index in [0.29, 0.717) is 6.04 Å². The van der Waals surface area contributed by atoms with Gasteiger partial charge in [0.25, 0.3) is 0 Å². The van der Waals surface area contributed by atoms with Gasteiger partial charge in [-0.05, 0) is 61.8 Å². The smallest absolute Gasteiger partial charge is 0.119 e. The van der Waals surface area contributed by atoms with E-state index in [-0.39, 0.29) is 0 Å². The molecule has 19 heavy (non-hydrogen) atoms. The largest absolute Gasteiger partial charge is 0.494 e. The van der Waals surface area contributed by atoms with Gasteiger partial charge in [-0.1, -0.05) is 25.5 Å². The van der Waals surface area contributed by atoms with Crippen molar-refractivity contribution in [2.45, 2.75) is 39.2 Å². The molecule has 0 bridgehead atoms. The Bertz CT molecular complexity index is 404. The third-order valence-electron chi connectivity index (χ3n) is 4.83. The molecule has 2 saturated carbocycles. The summed E-state index contributed by atoms with van der Waals surface area (Å²) in [5, 5.41) is 3.70. The highest BCUT2D eigenvalue weighted by atomic mass is 16.5. The van der Waals surface area contributed by atoms with Gasteiger partial charge in [0.2, 0.25) is 0 Å². The summed E-state index contributed by atoms with van der Waals surface area (Å²) in [4.78, 5) is 0. The molecule has 2 nitrogen and oxygen atoms in total. The van der Waals surface area contributed by atoms with Crippen molar-refractivity contribution < 1.29 is 4.74 Å². The fraction of sp³-hybridized carbons (Fsp3) is 0.647. The minimum atomic E-state index is 0.552. The molecule has 2 fully saturated rings. The van der Waals surface area contributed by atoms with Gasteiger partial charge in [0.15, 0.2) is 0 Å². The van der Waals surface area contributed by atoms with Crippen LogP contribution >= 0.6 is 0 Å². The molecule has 3 atom stereocenters. The van der Waals surface area contributed by atoms with Crippen molar-refractivity contribution in [3.8, 4) is 5.75 Å². The highest BCUT2D eigenvalue weighted by molar-refractivity contribution is 5.31. The first-order valence-corrected chi connectivity index (χ1v) is 7.81. The molecule has 0 aliphatic heterocycles. The van der Waals surface area contributed by atoms with Gasteiger partial charge < -0.3 is 10.1 Å². The predicted molar refractivity (Wildman–Crippen MR) is 78.3 cm³/mol. The van der Waals surface area contributed by atoms with E-state index >= 15 is 0 Å². The summed E-state index contributed by atoms with van der Waals surface area (Å²) in [5.41, 5.74) is 1.43. The van der Waals surface area contributed by atoms with Gasteiger partial charge in [-0.3, -0.25) is 0 Å². The topological polar surface area (TPSA) is 21.3 Å². The Balaban J connectivity index is 1.72. The first-order valence-electron chi connectivity index (χ1n) is 7.81. The molecule has 1 aromatic carbocycles. The van der Waals surface area contributed by atoms with Gasteiger partial charge in [0, 0.05) is 6.04 Å². The van der Waals surface area contributed by atoms with Gasteiger partial charge in [-0.2, -0.15) is 0 Å². The summed E-state index contributed by atoms with van der Waals surface area (Å²) in [7, 11) is 0. The zero-order chi connectivity index (χ0) is 13.2. The SMILES string of the molecule is CCNC(c1ccc(OCC)cc1)C1C2CCCC21. The third-order valence-corrected chi connectivity index (χ3v) is 4.83. The minimum absolute atomic E-state index is 0.552. The average Bonchev–Trinajstić information content (AvgIpc) is 2.89. The second kappa shape index (κ2) is 5.54. The summed E-state index contributed by atoms with van der Waals surface area (Å²) in [6.07, 6.45) is 4.36. The van der Waals surface area contributed by atoms with Crippen LogP contribution in [0, 0.1) is 17.8 Å². The molecule has 0 aromatic heterocycles. The van der Waals surface area contributed by atoms with Crippen LogP contribution in [0.25, 0.3) is 0 Å². The Morgan fingerprint density at radius 3 is 2.42 bits per heavy atom. The second-order valence-electron chi connectivity index (χ2n) is 5.87. The summed E-state index contributed by atoms with van der Waals surface area (Å²) in [6.45, 7) is 6.02. The van der Waals surface area contributed by atoms with Gasteiger partial charge in [0.1, 0.15) is 5.75 Å². The van der Waals surface area contributed by atoms with Crippen LogP contribution in [0.1, 0.15) is 44.7 Å². The normalized spacial score (nSPS) is 29.9. The van der Waals surface area contributed by atoms with E-state index in [1.165, 1.54) is 24.8 Å². The van der Waals surface area contributed by atoms with Crippen molar-refractivity contribution in [1.29, 1.82) is 0 Å². The molecule has 1 N–H and O–H groups in total. The lowest BCUT2D eigenvalue weighted by Crippen LogP contribution is -2.24. The lowest BCUT2D eigenvalue weighted by atomic mass is 9.97. The van der Waals surface area contributed by atoms with Crippen LogP contribution in [-0.4, -0.2) is 13.2 Å². The number of hydrogen-bond donors (Lipinski definition) is 1. The van der Waals surface area contributed by atoms with Crippen molar-refractivity contribution in [2.24, 2.45) is 17.8 Å². The average molecular weight is 259 g/mol. The summed E-state index contributed by atoms with van der Waals surface area (Å²) >= 11 is 0. The molecule has 104 valence electrons. The van der Waals surface area contributed by atoms with Crippen molar-refractivity contribution >= 4 is 0 Å². The molecule has 0 amide bonds. The van der Waals surface area contributed by atoms with Crippen LogP contribution in [0.4, 0.5) is 0 Å². The Hall–Kier alpha value is -1.02. The molecule has 0 spiro atoms. The third kappa shape index (κ3) is 2.51.